The van der Waals surface area contributed by atoms with Crippen molar-refractivity contribution < 1.29 is 5.11 Å². The highest BCUT2D eigenvalue weighted by molar-refractivity contribution is 7.12. The zero-order chi connectivity index (χ0) is 11.5. The molecule has 3 heteroatoms. The summed E-state index contributed by atoms with van der Waals surface area (Å²) in [5.74, 6) is 0.617. The van der Waals surface area contributed by atoms with Crippen LogP contribution in [0.5, 0.6) is 0 Å². The molecule has 86 valence electrons. The van der Waals surface area contributed by atoms with Crippen molar-refractivity contribution in [1.82, 2.24) is 5.32 Å². The van der Waals surface area contributed by atoms with Gasteiger partial charge in [0.05, 0.1) is 0 Å². The Hall–Kier alpha value is -0.380. The molecule has 0 spiro atoms. The maximum atomic E-state index is 10.3. The van der Waals surface area contributed by atoms with Crippen LogP contribution in [0.2, 0.25) is 0 Å². The molecule has 0 amide bonds. The van der Waals surface area contributed by atoms with E-state index >= 15 is 0 Å². The number of hydrogen-bond donors (Lipinski definition) is 2. The largest absolute Gasteiger partial charge is 0.383 e. The average Bonchev–Trinajstić information content (AvgIpc) is 2.51. The van der Waals surface area contributed by atoms with Gasteiger partial charge in [0.15, 0.2) is 0 Å². The van der Waals surface area contributed by atoms with Gasteiger partial charge in [-0.05, 0) is 38.4 Å². The number of aryl methyl sites for hydroxylation is 1. The van der Waals surface area contributed by atoms with E-state index in [9.17, 15) is 5.11 Å². The molecular weight excluding hydrogens is 206 g/mol. The second kappa shape index (κ2) is 5.10. The van der Waals surface area contributed by atoms with Crippen molar-refractivity contribution in [3.8, 4) is 0 Å². The van der Waals surface area contributed by atoms with Crippen molar-refractivity contribution in [2.45, 2.75) is 33.3 Å². The zero-order valence-corrected chi connectivity index (χ0v) is 10.8. The number of thiophene rings is 1. The molecule has 1 rings (SSSR count). The zero-order valence-electron chi connectivity index (χ0n) is 10.0. The molecular formula is C12H21NOS. The molecule has 1 atom stereocenters. The van der Waals surface area contributed by atoms with E-state index in [0.29, 0.717) is 12.5 Å². The van der Waals surface area contributed by atoms with Crippen LogP contribution in [0, 0.1) is 12.8 Å². The van der Waals surface area contributed by atoms with Crippen LogP contribution in [0.15, 0.2) is 12.1 Å². The maximum absolute atomic E-state index is 10.3. The summed E-state index contributed by atoms with van der Waals surface area (Å²) in [5, 5.41) is 13.5. The first kappa shape index (κ1) is 12.7. The molecule has 0 saturated heterocycles. The lowest BCUT2D eigenvalue weighted by Gasteiger charge is -2.23. The van der Waals surface area contributed by atoms with Gasteiger partial charge in [-0.3, -0.25) is 0 Å². The fourth-order valence-corrected chi connectivity index (χ4v) is 2.33. The third-order valence-electron chi connectivity index (χ3n) is 2.29. The SMILES string of the molecule is Cc1ccc(C(C)(O)CNCC(C)C)s1. The Morgan fingerprint density at radius 2 is 2.13 bits per heavy atom. The first-order valence-electron chi connectivity index (χ1n) is 5.42. The van der Waals surface area contributed by atoms with Gasteiger partial charge in [0.25, 0.3) is 0 Å². The molecule has 1 aromatic rings. The summed E-state index contributed by atoms with van der Waals surface area (Å²) in [7, 11) is 0. The Balaban J connectivity index is 2.51. The smallest absolute Gasteiger partial charge is 0.108 e. The van der Waals surface area contributed by atoms with E-state index in [2.05, 4.69) is 32.2 Å². The first-order valence-corrected chi connectivity index (χ1v) is 6.23. The second-order valence-corrected chi connectivity index (χ2v) is 6.00. The van der Waals surface area contributed by atoms with Gasteiger partial charge in [0.2, 0.25) is 0 Å². The van der Waals surface area contributed by atoms with Crippen molar-refractivity contribution in [3.63, 3.8) is 0 Å². The van der Waals surface area contributed by atoms with E-state index in [1.165, 1.54) is 4.88 Å². The lowest BCUT2D eigenvalue weighted by molar-refractivity contribution is 0.0602. The van der Waals surface area contributed by atoms with Crippen LogP contribution < -0.4 is 5.32 Å². The van der Waals surface area contributed by atoms with E-state index in [4.69, 9.17) is 0 Å². The van der Waals surface area contributed by atoms with Crippen molar-refractivity contribution in [2.75, 3.05) is 13.1 Å². The van der Waals surface area contributed by atoms with E-state index in [1.807, 2.05) is 13.0 Å². The van der Waals surface area contributed by atoms with E-state index in [1.54, 1.807) is 11.3 Å². The van der Waals surface area contributed by atoms with Crippen LogP contribution in [-0.2, 0) is 5.60 Å². The van der Waals surface area contributed by atoms with Crippen LogP contribution in [-0.4, -0.2) is 18.2 Å². The summed E-state index contributed by atoms with van der Waals surface area (Å²) in [5.41, 5.74) is -0.742. The number of hydrogen-bond acceptors (Lipinski definition) is 3. The minimum Gasteiger partial charge on any atom is -0.383 e. The quantitative estimate of drug-likeness (QED) is 0.810. The van der Waals surface area contributed by atoms with Crippen molar-refractivity contribution in [3.05, 3.63) is 21.9 Å². The van der Waals surface area contributed by atoms with Gasteiger partial charge in [0.1, 0.15) is 5.60 Å². The van der Waals surface area contributed by atoms with Crippen LogP contribution in [0.25, 0.3) is 0 Å². The van der Waals surface area contributed by atoms with Crippen LogP contribution >= 0.6 is 11.3 Å². The lowest BCUT2D eigenvalue weighted by atomic mass is 10.0. The Kier molecular flexibility index (Phi) is 4.32. The molecule has 0 fully saturated rings. The third kappa shape index (κ3) is 3.93. The van der Waals surface area contributed by atoms with Crippen LogP contribution in [0.4, 0.5) is 0 Å². The second-order valence-electron chi connectivity index (χ2n) is 4.71. The molecule has 15 heavy (non-hydrogen) atoms. The van der Waals surface area contributed by atoms with E-state index in [0.717, 1.165) is 11.4 Å². The summed E-state index contributed by atoms with van der Waals surface area (Å²) in [6, 6.07) is 4.06. The molecule has 0 aliphatic carbocycles. The lowest BCUT2D eigenvalue weighted by Crippen LogP contribution is -2.36. The topological polar surface area (TPSA) is 32.3 Å². The summed E-state index contributed by atoms with van der Waals surface area (Å²) in [6.07, 6.45) is 0. The van der Waals surface area contributed by atoms with Gasteiger partial charge in [-0.2, -0.15) is 0 Å². The molecule has 1 heterocycles. The van der Waals surface area contributed by atoms with Crippen LogP contribution in [0.3, 0.4) is 0 Å². The summed E-state index contributed by atoms with van der Waals surface area (Å²) in [4.78, 5) is 2.28. The summed E-state index contributed by atoms with van der Waals surface area (Å²) >= 11 is 1.66. The first-order chi connectivity index (χ1) is 6.92. The highest BCUT2D eigenvalue weighted by Crippen LogP contribution is 2.27. The van der Waals surface area contributed by atoms with Gasteiger partial charge in [-0.1, -0.05) is 13.8 Å². The van der Waals surface area contributed by atoms with Gasteiger partial charge >= 0.3 is 0 Å². The fourth-order valence-electron chi connectivity index (χ4n) is 1.42. The molecule has 0 bridgehead atoms. The van der Waals surface area contributed by atoms with Crippen molar-refractivity contribution in [2.24, 2.45) is 5.92 Å². The molecule has 0 radical (unpaired) electrons. The molecule has 2 nitrogen and oxygen atoms in total. The standard InChI is InChI=1S/C12H21NOS/c1-9(2)7-13-8-12(4,14)11-6-5-10(3)15-11/h5-6,9,13-14H,7-8H2,1-4H3. The van der Waals surface area contributed by atoms with Gasteiger partial charge in [-0.25, -0.2) is 0 Å². The third-order valence-corrected chi connectivity index (χ3v) is 3.55. The molecule has 0 aliphatic rings. The highest BCUT2D eigenvalue weighted by atomic mass is 32.1. The number of nitrogens with one attached hydrogen (secondary N) is 1. The average molecular weight is 227 g/mol. The van der Waals surface area contributed by atoms with Crippen LogP contribution in [0.1, 0.15) is 30.5 Å². The predicted octanol–water partition coefficient (Wildman–Crippen LogP) is 2.51. The normalized spacial score (nSPS) is 15.6. The molecule has 1 unspecified atom stereocenters. The van der Waals surface area contributed by atoms with E-state index in [-0.39, 0.29) is 0 Å². The van der Waals surface area contributed by atoms with Gasteiger partial charge in [0, 0.05) is 16.3 Å². The Morgan fingerprint density at radius 1 is 1.47 bits per heavy atom. The minimum atomic E-state index is -0.742. The molecule has 0 aliphatic heterocycles. The van der Waals surface area contributed by atoms with E-state index < -0.39 is 5.60 Å². The Bertz CT molecular complexity index is 304. The van der Waals surface area contributed by atoms with Gasteiger partial charge in [-0.15, -0.1) is 11.3 Å². The molecule has 0 aromatic carbocycles. The number of rotatable bonds is 5. The molecule has 1 aromatic heterocycles. The van der Waals surface area contributed by atoms with Crippen molar-refractivity contribution in [1.29, 1.82) is 0 Å². The Labute approximate surface area is 96.3 Å². The van der Waals surface area contributed by atoms with Gasteiger partial charge < -0.3 is 10.4 Å². The summed E-state index contributed by atoms with van der Waals surface area (Å²) < 4.78 is 0. The predicted molar refractivity (Wildman–Crippen MR) is 66.3 cm³/mol. The minimum absolute atomic E-state index is 0.616. The summed E-state index contributed by atoms with van der Waals surface area (Å²) in [6.45, 7) is 9.82. The molecule has 0 saturated carbocycles. The Morgan fingerprint density at radius 3 is 2.60 bits per heavy atom. The highest BCUT2D eigenvalue weighted by Gasteiger charge is 2.24. The fraction of sp³-hybridized carbons (Fsp3) is 0.667. The number of aliphatic hydroxyl groups is 1. The molecule has 2 N–H and O–H groups in total. The monoisotopic (exact) mass is 227 g/mol. The maximum Gasteiger partial charge on any atom is 0.108 e. The van der Waals surface area contributed by atoms with Crippen molar-refractivity contribution >= 4 is 11.3 Å².